The lowest BCUT2D eigenvalue weighted by Gasteiger charge is -2.04. The van der Waals surface area contributed by atoms with Crippen LogP contribution in [0.3, 0.4) is 0 Å². The van der Waals surface area contributed by atoms with Gasteiger partial charge in [-0.3, -0.25) is 9.52 Å². The fourth-order valence-corrected chi connectivity index (χ4v) is 4.81. The molecule has 0 aliphatic carbocycles. The number of anilines is 2. The third-order valence-corrected chi connectivity index (χ3v) is 6.77. The van der Waals surface area contributed by atoms with Gasteiger partial charge in [0.15, 0.2) is 5.13 Å². The third-order valence-electron chi connectivity index (χ3n) is 3.15. The Morgan fingerprint density at radius 1 is 1.24 bits per heavy atom. The molecule has 0 atom stereocenters. The van der Waals surface area contributed by atoms with Crippen molar-refractivity contribution < 1.29 is 17.6 Å². The Hall–Kier alpha value is -2.30. The molecule has 0 unspecified atom stereocenters. The Morgan fingerprint density at radius 2 is 2.04 bits per heavy atom. The normalized spacial score (nSPS) is 11.3. The van der Waals surface area contributed by atoms with Crippen LogP contribution in [-0.4, -0.2) is 19.3 Å². The van der Waals surface area contributed by atoms with Crippen LogP contribution >= 0.6 is 22.7 Å². The van der Waals surface area contributed by atoms with Crippen LogP contribution in [0.15, 0.2) is 45.3 Å². The summed E-state index contributed by atoms with van der Waals surface area (Å²) in [6.07, 6.45) is 0. The molecule has 6 nitrogen and oxygen atoms in total. The summed E-state index contributed by atoms with van der Waals surface area (Å²) in [6.45, 7) is 1.62. The number of aryl methyl sites for hydroxylation is 1. The highest BCUT2D eigenvalue weighted by atomic mass is 32.2. The fraction of sp³-hybridized carbons (Fsp3) is 0.0667. The SMILES string of the molecule is Cc1ccc(NC(=O)c2csc(NS(=O)(=O)c3cccs3)n2)cc1F. The summed E-state index contributed by atoms with van der Waals surface area (Å²) in [5.41, 5.74) is 0.800. The van der Waals surface area contributed by atoms with Crippen LogP contribution in [0.2, 0.25) is 0 Å². The number of thiophene rings is 1. The van der Waals surface area contributed by atoms with E-state index in [1.807, 2.05) is 0 Å². The summed E-state index contributed by atoms with van der Waals surface area (Å²) < 4.78 is 40.3. The molecular weight excluding hydrogens is 385 g/mol. The summed E-state index contributed by atoms with van der Waals surface area (Å²) in [4.78, 5) is 16.1. The molecule has 2 N–H and O–H groups in total. The smallest absolute Gasteiger partial charge is 0.275 e. The van der Waals surface area contributed by atoms with Gasteiger partial charge in [-0.1, -0.05) is 12.1 Å². The van der Waals surface area contributed by atoms with Crippen LogP contribution in [0, 0.1) is 12.7 Å². The third kappa shape index (κ3) is 4.03. The molecular formula is C15H12FN3O3S3. The zero-order chi connectivity index (χ0) is 18.0. The number of nitrogens with one attached hydrogen (secondary N) is 2. The first-order valence-corrected chi connectivity index (χ1v) is 10.2. The van der Waals surface area contributed by atoms with Crippen molar-refractivity contribution in [2.75, 3.05) is 10.0 Å². The summed E-state index contributed by atoms with van der Waals surface area (Å²) in [7, 11) is -3.72. The Balaban J connectivity index is 1.72. The van der Waals surface area contributed by atoms with Crippen LogP contribution in [0.5, 0.6) is 0 Å². The number of hydrogen-bond acceptors (Lipinski definition) is 6. The highest BCUT2D eigenvalue weighted by Crippen LogP contribution is 2.23. The van der Waals surface area contributed by atoms with Gasteiger partial charge in [0, 0.05) is 11.1 Å². The second-order valence-corrected chi connectivity index (χ2v) is 8.71. The zero-order valence-corrected chi connectivity index (χ0v) is 15.3. The minimum Gasteiger partial charge on any atom is -0.321 e. The zero-order valence-electron chi connectivity index (χ0n) is 12.8. The van der Waals surface area contributed by atoms with Gasteiger partial charge < -0.3 is 5.32 Å². The standard InChI is InChI=1S/C15H12FN3O3S3/c1-9-4-5-10(7-11(9)16)17-14(20)12-8-24-15(18-12)19-25(21,22)13-3-2-6-23-13/h2-8H,1H3,(H,17,20)(H,18,19). The molecule has 0 aliphatic rings. The molecule has 0 saturated carbocycles. The number of benzene rings is 1. The van der Waals surface area contributed by atoms with E-state index in [0.29, 0.717) is 11.3 Å². The Bertz CT molecular complexity index is 1010. The van der Waals surface area contributed by atoms with E-state index in [4.69, 9.17) is 0 Å². The Morgan fingerprint density at radius 3 is 2.72 bits per heavy atom. The maximum absolute atomic E-state index is 13.5. The molecule has 10 heteroatoms. The van der Waals surface area contributed by atoms with Crippen molar-refractivity contribution in [3.63, 3.8) is 0 Å². The molecule has 2 heterocycles. The number of sulfonamides is 1. The molecule has 0 bridgehead atoms. The lowest BCUT2D eigenvalue weighted by Crippen LogP contribution is -2.14. The summed E-state index contributed by atoms with van der Waals surface area (Å²) in [6, 6.07) is 7.43. The molecule has 130 valence electrons. The van der Waals surface area contributed by atoms with Gasteiger partial charge in [0.1, 0.15) is 15.7 Å². The molecule has 1 amide bonds. The topological polar surface area (TPSA) is 88.2 Å². The van der Waals surface area contributed by atoms with E-state index in [2.05, 4.69) is 15.0 Å². The number of carbonyl (C=O) groups excluding carboxylic acids is 1. The minimum absolute atomic E-state index is 0.0369. The van der Waals surface area contributed by atoms with E-state index >= 15 is 0 Å². The predicted octanol–water partition coefficient (Wildman–Crippen LogP) is 3.71. The molecule has 2 aromatic heterocycles. The second-order valence-electron chi connectivity index (χ2n) is 4.99. The molecule has 0 aliphatic heterocycles. The number of thiazole rings is 1. The van der Waals surface area contributed by atoms with Crippen molar-refractivity contribution in [3.05, 3.63) is 58.2 Å². The van der Waals surface area contributed by atoms with E-state index in [0.717, 1.165) is 22.7 Å². The average molecular weight is 397 g/mol. The van der Waals surface area contributed by atoms with Crippen molar-refractivity contribution in [1.82, 2.24) is 4.98 Å². The van der Waals surface area contributed by atoms with Crippen molar-refractivity contribution in [2.24, 2.45) is 0 Å². The Kier molecular flexibility index (Phi) is 4.84. The van der Waals surface area contributed by atoms with Gasteiger partial charge in [0.05, 0.1) is 0 Å². The van der Waals surface area contributed by atoms with Gasteiger partial charge in [0.2, 0.25) is 0 Å². The van der Waals surface area contributed by atoms with Crippen molar-refractivity contribution >= 4 is 49.4 Å². The van der Waals surface area contributed by atoms with E-state index < -0.39 is 21.7 Å². The molecule has 0 saturated heterocycles. The number of carbonyl (C=O) groups is 1. The van der Waals surface area contributed by atoms with Gasteiger partial charge in [-0.05, 0) is 36.1 Å². The molecule has 0 spiro atoms. The summed E-state index contributed by atoms with van der Waals surface area (Å²) >= 11 is 2.06. The molecule has 25 heavy (non-hydrogen) atoms. The first kappa shape index (κ1) is 17.5. The lowest BCUT2D eigenvalue weighted by molar-refractivity contribution is 0.102. The number of hydrogen-bond donors (Lipinski definition) is 2. The molecule has 0 fully saturated rings. The fourth-order valence-electron chi connectivity index (χ4n) is 1.87. The number of halogens is 1. The van der Waals surface area contributed by atoms with Gasteiger partial charge in [-0.15, -0.1) is 22.7 Å². The summed E-state index contributed by atoms with van der Waals surface area (Å²) in [5, 5.41) is 5.67. The predicted molar refractivity (Wildman–Crippen MR) is 96.3 cm³/mol. The Labute approximate surface area is 151 Å². The quantitative estimate of drug-likeness (QED) is 0.687. The van der Waals surface area contributed by atoms with Crippen LogP contribution in [0.25, 0.3) is 0 Å². The van der Waals surface area contributed by atoms with Crippen LogP contribution in [0.1, 0.15) is 16.1 Å². The lowest BCUT2D eigenvalue weighted by atomic mass is 10.2. The first-order valence-electron chi connectivity index (χ1n) is 6.94. The first-order chi connectivity index (χ1) is 11.8. The second kappa shape index (κ2) is 6.90. The number of amides is 1. The summed E-state index contributed by atoms with van der Waals surface area (Å²) in [5.74, 6) is -0.985. The van der Waals surface area contributed by atoms with Crippen LogP contribution in [-0.2, 0) is 10.0 Å². The van der Waals surface area contributed by atoms with Gasteiger partial charge in [-0.2, -0.15) is 0 Å². The highest BCUT2D eigenvalue weighted by Gasteiger charge is 2.18. The molecule has 0 radical (unpaired) electrons. The van der Waals surface area contributed by atoms with Crippen LogP contribution < -0.4 is 10.0 Å². The average Bonchev–Trinajstić information content (AvgIpc) is 3.22. The molecule has 1 aromatic carbocycles. The molecule has 3 rings (SSSR count). The number of aromatic nitrogens is 1. The van der Waals surface area contributed by atoms with E-state index in [9.17, 15) is 17.6 Å². The van der Waals surface area contributed by atoms with E-state index in [1.165, 1.54) is 17.5 Å². The highest BCUT2D eigenvalue weighted by molar-refractivity contribution is 7.94. The number of rotatable bonds is 5. The maximum Gasteiger partial charge on any atom is 0.275 e. The van der Waals surface area contributed by atoms with Crippen LogP contribution in [0.4, 0.5) is 15.2 Å². The van der Waals surface area contributed by atoms with E-state index in [-0.39, 0.29) is 15.0 Å². The molecule has 3 aromatic rings. The van der Waals surface area contributed by atoms with Gasteiger partial charge >= 0.3 is 0 Å². The monoisotopic (exact) mass is 397 g/mol. The van der Waals surface area contributed by atoms with Crippen molar-refractivity contribution in [1.29, 1.82) is 0 Å². The van der Waals surface area contributed by atoms with Gasteiger partial charge in [-0.25, -0.2) is 17.8 Å². The number of nitrogens with zero attached hydrogens (tertiary/aromatic N) is 1. The largest absolute Gasteiger partial charge is 0.321 e. The van der Waals surface area contributed by atoms with E-state index in [1.54, 1.807) is 30.5 Å². The van der Waals surface area contributed by atoms with Crippen molar-refractivity contribution in [2.45, 2.75) is 11.1 Å². The maximum atomic E-state index is 13.5. The van der Waals surface area contributed by atoms with Crippen molar-refractivity contribution in [3.8, 4) is 0 Å². The van der Waals surface area contributed by atoms with Gasteiger partial charge in [0.25, 0.3) is 15.9 Å². The minimum atomic E-state index is -3.72.